The molecule has 0 atom stereocenters. The van der Waals surface area contributed by atoms with E-state index in [0.29, 0.717) is 10.9 Å². The van der Waals surface area contributed by atoms with Gasteiger partial charge in [-0.2, -0.15) is 0 Å². The van der Waals surface area contributed by atoms with Crippen molar-refractivity contribution >= 4 is 16.6 Å². The lowest BCUT2D eigenvalue weighted by atomic mass is 10.0. The van der Waals surface area contributed by atoms with Crippen LogP contribution in [0, 0.1) is 0 Å². The topological polar surface area (TPSA) is 50.2 Å². The Kier molecular flexibility index (Phi) is 1.93. The molecule has 2 aromatic rings. The lowest BCUT2D eigenvalue weighted by molar-refractivity contribution is 0.101. The van der Waals surface area contributed by atoms with Crippen molar-refractivity contribution in [3.05, 3.63) is 36.2 Å². The summed E-state index contributed by atoms with van der Waals surface area (Å²) in [4.78, 5) is 15.2. The van der Waals surface area contributed by atoms with Crippen molar-refractivity contribution in [3.63, 3.8) is 0 Å². The molecule has 2 rings (SSSR count). The van der Waals surface area contributed by atoms with E-state index in [0.717, 1.165) is 5.39 Å². The van der Waals surface area contributed by atoms with Gasteiger partial charge in [0, 0.05) is 23.3 Å². The molecule has 0 amide bonds. The molecule has 0 spiro atoms. The van der Waals surface area contributed by atoms with Crippen molar-refractivity contribution in [2.75, 3.05) is 0 Å². The Hall–Kier alpha value is -1.90. The molecule has 0 fully saturated rings. The molecule has 1 aromatic heterocycles. The third kappa shape index (κ3) is 1.23. The monoisotopic (exact) mass is 187 g/mol. The van der Waals surface area contributed by atoms with Gasteiger partial charge in [-0.1, -0.05) is 0 Å². The number of carbonyl (C=O) groups is 1. The third-order valence-electron chi connectivity index (χ3n) is 2.17. The second kappa shape index (κ2) is 3.10. The summed E-state index contributed by atoms with van der Waals surface area (Å²) in [6.07, 6.45) is 3.16. The van der Waals surface area contributed by atoms with Crippen LogP contribution >= 0.6 is 0 Å². The van der Waals surface area contributed by atoms with E-state index in [1.807, 2.05) is 0 Å². The Labute approximate surface area is 81.0 Å². The molecule has 3 heteroatoms. The first kappa shape index (κ1) is 8.69. The average molecular weight is 187 g/mol. The molecule has 0 saturated carbocycles. The standard InChI is InChI=1S/C11H9NO2/c1-7(13)8-2-3-11(14)10-6-12-5-4-9(8)10/h2-6,14H,1H3. The number of pyridine rings is 1. The maximum absolute atomic E-state index is 11.3. The van der Waals surface area contributed by atoms with Gasteiger partial charge in [-0.3, -0.25) is 9.78 Å². The predicted octanol–water partition coefficient (Wildman–Crippen LogP) is 2.14. The number of benzene rings is 1. The van der Waals surface area contributed by atoms with Crippen LogP contribution < -0.4 is 0 Å². The largest absolute Gasteiger partial charge is 0.507 e. The smallest absolute Gasteiger partial charge is 0.160 e. The summed E-state index contributed by atoms with van der Waals surface area (Å²) in [7, 11) is 0. The minimum Gasteiger partial charge on any atom is -0.507 e. The number of aromatic hydroxyl groups is 1. The molecular weight excluding hydrogens is 178 g/mol. The van der Waals surface area contributed by atoms with Crippen LogP contribution in [-0.2, 0) is 0 Å². The number of ketones is 1. The van der Waals surface area contributed by atoms with Crippen LogP contribution in [0.5, 0.6) is 5.75 Å². The first-order valence-corrected chi connectivity index (χ1v) is 4.27. The summed E-state index contributed by atoms with van der Waals surface area (Å²) in [5, 5.41) is 10.9. The van der Waals surface area contributed by atoms with E-state index in [4.69, 9.17) is 0 Å². The van der Waals surface area contributed by atoms with Crippen molar-refractivity contribution in [1.29, 1.82) is 0 Å². The molecule has 0 unspecified atom stereocenters. The molecular formula is C11H9NO2. The zero-order chi connectivity index (χ0) is 10.1. The number of fused-ring (bicyclic) bond motifs is 1. The van der Waals surface area contributed by atoms with Gasteiger partial charge in [0.15, 0.2) is 5.78 Å². The second-order valence-corrected chi connectivity index (χ2v) is 3.11. The molecule has 0 bridgehead atoms. The summed E-state index contributed by atoms with van der Waals surface area (Å²) in [5.41, 5.74) is 0.611. The van der Waals surface area contributed by atoms with Crippen LogP contribution in [0.3, 0.4) is 0 Å². The Morgan fingerprint density at radius 2 is 2.07 bits per heavy atom. The van der Waals surface area contributed by atoms with Gasteiger partial charge in [0.05, 0.1) is 0 Å². The quantitative estimate of drug-likeness (QED) is 0.696. The second-order valence-electron chi connectivity index (χ2n) is 3.11. The van der Waals surface area contributed by atoms with Crippen molar-refractivity contribution in [2.24, 2.45) is 0 Å². The first-order valence-electron chi connectivity index (χ1n) is 4.27. The number of aromatic nitrogens is 1. The van der Waals surface area contributed by atoms with E-state index < -0.39 is 0 Å². The maximum atomic E-state index is 11.3. The number of rotatable bonds is 1. The van der Waals surface area contributed by atoms with Gasteiger partial charge in [-0.15, -0.1) is 0 Å². The Balaban J connectivity index is 2.88. The van der Waals surface area contributed by atoms with Crippen LogP contribution in [0.2, 0.25) is 0 Å². The number of nitrogens with zero attached hydrogens (tertiary/aromatic N) is 1. The Bertz CT molecular complexity index is 506. The highest BCUT2D eigenvalue weighted by Crippen LogP contribution is 2.26. The summed E-state index contributed by atoms with van der Waals surface area (Å²) >= 11 is 0. The molecule has 3 nitrogen and oxygen atoms in total. The van der Waals surface area contributed by atoms with Crippen molar-refractivity contribution in [1.82, 2.24) is 4.98 Å². The van der Waals surface area contributed by atoms with Crippen molar-refractivity contribution < 1.29 is 9.90 Å². The molecule has 14 heavy (non-hydrogen) atoms. The molecule has 0 saturated heterocycles. The molecule has 0 radical (unpaired) electrons. The summed E-state index contributed by atoms with van der Waals surface area (Å²) in [6.45, 7) is 1.51. The number of phenols is 1. The lowest BCUT2D eigenvalue weighted by Crippen LogP contribution is -1.93. The number of hydrogen-bond acceptors (Lipinski definition) is 3. The van der Waals surface area contributed by atoms with E-state index in [9.17, 15) is 9.90 Å². The fourth-order valence-electron chi connectivity index (χ4n) is 1.48. The van der Waals surface area contributed by atoms with Crippen LogP contribution in [0.15, 0.2) is 30.6 Å². The molecule has 0 aliphatic rings. The number of hydrogen-bond donors (Lipinski definition) is 1. The van der Waals surface area contributed by atoms with Gasteiger partial charge >= 0.3 is 0 Å². The predicted molar refractivity (Wildman–Crippen MR) is 53.4 cm³/mol. The highest BCUT2D eigenvalue weighted by atomic mass is 16.3. The van der Waals surface area contributed by atoms with Gasteiger partial charge < -0.3 is 5.11 Å². The molecule has 0 aliphatic heterocycles. The fraction of sp³-hybridized carbons (Fsp3) is 0.0909. The normalized spacial score (nSPS) is 10.4. The van der Waals surface area contributed by atoms with E-state index in [2.05, 4.69) is 4.98 Å². The SMILES string of the molecule is CC(=O)c1ccc(O)c2cnccc12. The van der Waals surface area contributed by atoms with Gasteiger partial charge in [0.2, 0.25) is 0 Å². The maximum Gasteiger partial charge on any atom is 0.160 e. The first-order chi connectivity index (χ1) is 6.70. The van der Waals surface area contributed by atoms with Gasteiger partial charge in [0.25, 0.3) is 0 Å². The Morgan fingerprint density at radius 1 is 1.29 bits per heavy atom. The molecule has 1 heterocycles. The minimum absolute atomic E-state index is 0.0128. The van der Waals surface area contributed by atoms with Crippen molar-refractivity contribution in [3.8, 4) is 5.75 Å². The van der Waals surface area contributed by atoms with E-state index in [-0.39, 0.29) is 11.5 Å². The fourth-order valence-corrected chi connectivity index (χ4v) is 1.48. The molecule has 70 valence electrons. The lowest BCUT2D eigenvalue weighted by Gasteiger charge is -2.03. The summed E-state index contributed by atoms with van der Waals surface area (Å²) < 4.78 is 0. The Morgan fingerprint density at radius 3 is 2.79 bits per heavy atom. The number of phenolic OH excluding ortho intramolecular Hbond substituents is 1. The highest BCUT2D eigenvalue weighted by molar-refractivity contribution is 6.08. The minimum atomic E-state index is -0.0128. The van der Waals surface area contributed by atoms with E-state index in [1.165, 1.54) is 13.0 Å². The number of carbonyl (C=O) groups excluding carboxylic acids is 1. The molecule has 0 aliphatic carbocycles. The van der Waals surface area contributed by atoms with E-state index >= 15 is 0 Å². The number of Topliss-reactive ketones (excluding diaryl/α,β-unsaturated/α-hetero) is 1. The van der Waals surface area contributed by atoms with Crippen LogP contribution in [0.4, 0.5) is 0 Å². The summed E-state index contributed by atoms with van der Waals surface area (Å²) in [5.74, 6) is 0.138. The zero-order valence-corrected chi connectivity index (χ0v) is 7.69. The van der Waals surface area contributed by atoms with Crippen molar-refractivity contribution in [2.45, 2.75) is 6.92 Å². The summed E-state index contributed by atoms with van der Waals surface area (Å²) in [6, 6.07) is 4.87. The van der Waals surface area contributed by atoms with Gasteiger partial charge in [-0.25, -0.2) is 0 Å². The third-order valence-corrected chi connectivity index (χ3v) is 2.17. The van der Waals surface area contributed by atoms with Crippen LogP contribution in [-0.4, -0.2) is 15.9 Å². The molecule has 1 aromatic carbocycles. The van der Waals surface area contributed by atoms with E-state index in [1.54, 1.807) is 24.5 Å². The average Bonchev–Trinajstić information content (AvgIpc) is 2.18. The van der Waals surface area contributed by atoms with Crippen LogP contribution in [0.1, 0.15) is 17.3 Å². The van der Waals surface area contributed by atoms with Gasteiger partial charge in [0.1, 0.15) is 5.75 Å². The zero-order valence-electron chi connectivity index (χ0n) is 7.69. The van der Waals surface area contributed by atoms with Gasteiger partial charge in [-0.05, 0) is 30.5 Å². The van der Waals surface area contributed by atoms with Crippen LogP contribution in [0.25, 0.3) is 10.8 Å². The molecule has 1 N–H and O–H groups in total. The highest BCUT2D eigenvalue weighted by Gasteiger charge is 2.07.